The van der Waals surface area contributed by atoms with Gasteiger partial charge in [0, 0.05) is 11.0 Å². The van der Waals surface area contributed by atoms with Crippen molar-refractivity contribution in [1.82, 2.24) is 5.32 Å². The third-order valence-electron chi connectivity index (χ3n) is 3.64. The predicted octanol–water partition coefficient (Wildman–Crippen LogP) is 4.52. The summed E-state index contributed by atoms with van der Waals surface area (Å²) >= 11 is 3.43. The summed E-state index contributed by atoms with van der Waals surface area (Å²) in [6.07, 6.45) is 1.16. The quantitative estimate of drug-likeness (QED) is 0.787. The van der Waals surface area contributed by atoms with Crippen molar-refractivity contribution in [3.8, 4) is 0 Å². The Bertz CT molecular complexity index is 650. The molecule has 0 fully saturated rings. The first kappa shape index (κ1) is 17.7. The number of carbonyl (C=O) groups is 1. The Hall–Kier alpha value is -1.68. The lowest BCUT2D eigenvalue weighted by Gasteiger charge is -2.25. The van der Waals surface area contributed by atoms with Crippen LogP contribution in [0.15, 0.2) is 53.0 Å². The summed E-state index contributed by atoms with van der Waals surface area (Å²) in [6, 6.07) is 14.3. The molecular weight excluding hydrogens is 357 g/mol. The molecule has 2 aromatic carbocycles. The Kier molecular flexibility index (Phi) is 5.94. The van der Waals surface area contributed by atoms with E-state index in [-0.39, 0.29) is 23.6 Å². The zero-order valence-corrected chi connectivity index (χ0v) is 15.0. The molecule has 0 unspecified atom stereocenters. The number of hydrogen-bond acceptors (Lipinski definition) is 1. The predicted molar refractivity (Wildman–Crippen MR) is 94.7 cm³/mol. The summed E-state index contributed by atoms with van der Waals surface area (Å²) in [4.78, 5) is 12.0. The van der Waals surface area contributed by atoms with Gasteiger partial charge in [0.05, 0.1) is 6.42 Å². The Balaban J connectivity index is 1.84. The molecule has 0 bridgehead atoms. The zero-order valence-electron chi connectivity index (χ0n) is 13.4. The van der Waals surface area contributed by atoms with Gasteiger partial charge in [-0.25, -0.2) is 4.39 Å². The summed E-state index contributed by atoms with van der Waals surface area (Å²) in [5.74, 6) is -0.328. The van der Waals surface area contributed by atoms with Crippen molar-refractivity contribution in [3.05, 3.63) is 69.9 Å². The molecule has 0 aromatic heterocycles. The average molecular weight is 378 g/mol. The number of benzene rings is 2. The topological polar surface area (TPSA) is 29.1 Å². The lowest BCUT2D eigenvalue weighted by atomic mass is 9.85. The van der Waals surface area contributed by atoms with Crippen LogP contribution in [0, 0.1) is 11.2 Å². The molecule has 0 aliphatic rings. The van der Waals surface area contributed by atoms with Crippen molar-refractivity contribution >= 4 is 21.8 Å². The molecule has 2 aromatic rings. The van der Waals surface area contributed by atoms with E-state index in [0.717, 1.165) is 16.5 Å². The maximum absolute atomic E-state index is 12.9. The second kappa shape index (κ2) is 7.73. The number of halogens is 2. The van der Waals surface area contributed by atoms with Crippen LogP contribution in [-0.2, 0) is 17.6 Å². The fourth-order valence-corrected chi connectivity index (χ4v) is 2.67. The normalized spacial score (nSPS) is 11.3. The first-order chi connectivity index (χ1) is 10.8. The molecule has 23 heavy (non-hydrogen) atoms. The van der Waals surface area contributed by atoms with Crippen LogP contribution in [0.2, 0.25) is 0 Å². The van der Waals surface area contributed by atoms with Gasteiger partial charge < -0.3 is 5.32 Å². The maximum atomic E-state index is 12.9. The van der Waals surface area contributed by atoms with Gasteiger partial charge in [-0.05, 0) is 47.2 Å². The van der Waals surface area contributed by atoms with Gasteiger partial charge in [-0.3, -0.25) is 4.79 Å². The van der Waals surface area contributed by atoms with Crippen LogP contribution < -0.4 is 5.32 Å². The fourth-order valence-electron chi connectivity index (χ4n) is 2.41. The number of hydrogen-bond donors (Lipinski definition) is 1. The molecule has 2 nitrogen and oxygen atoms in total. The zero-order chi connectivity index (χ0) is 16.9. The van der Waals surface area contributed by atoms with Crippen LogP contribution in [0.5, 0.6) is 0 Å². The highest BCUT2D eigenvalue weighted by Gasteiger charge is 2.19. The molecule has 1 amide bonds. The highest BCUT2D eigenvalue weighted by molar-refractivity contribution is 9.10. The van der Waals surface area contributed by atoms with Crippen LogP contribution in [-0.4, -0.2) is 12.5 Å². The molecule has 0 saturated carbocycles. The molecular formula is C19H21BrFNO. The molecule has 0 aliphatic heterocycles. The molecule has 0 heterocycles. The molecule has 4 heteroatoms. The first-order valence-electron chi connectivity index (χ1n) is 7.60. The van der Waals surface area contributed by atoms with Gasteiger partial charge in [0.1, 0.15) is 5.82 Å². The van der Waals surface area contributed by atoms with Crippen molar-refractivity contribution in [2.24, 2.45) is 5.41 Å². The van der Waals surface area contributed by atoms with E-state index < -0.39 is 0 Å². The minimum Gasteiger partial charge on any atom is -0.355 e. The molecule has 0 aliphatic carbocycles. The van der Waals surface area contributed by atoms with Gasteiger partial charge in [-0.15, -0.1) is 0 Å². The number of amides is 1. The van der Waals surface area contributed by atoms with Crippen LogP contribution in [0.4, 0.5) is 4.39 Å². The van der Waals surface area contributed by atoms with Gasteiger partial charge in [0.25, 0.3) is 0 Å². The Morgan fingerprint density at radius 3 is 2.22 bits per heavy atom. The van der Waals surface area contributed by atoms with E-state index in [2.05, 4.69) is 47.2 Å². The minimum absolute atomic E-state index is 0.0354. The minimum atomic E-state index is -0.287. The number of nitrogens with one attached hydrogen (secondary N) is 1. The van der Waals surface area contributed by atoms with Gasteiger partial charge in [-0.1, -0.05) is 54.0 Å². The van der Waals surface area contributed by atoms with E-state index in [1.165, 1.54) is 17.7 Å². The molecule has 1 N–H and O–H groups in total. The molecule has 0 atom stereocenters. The Labute approximate surface area is 145 Å². The summed E-state index contributed by atoms with van der Waals surface area (Å²) in [6.45, 7) is 4.86. The van der Waals surface area contributed by atoms with Gasteiger partial charge >= 0.3 is 0 Å². The van der Waals surface area contributed by atoms with E-state index >= 15 is 0 Å². The molecule has 0 radical (unpaired) electrons. The molecule has 2 rings (SSSR count). The van der Waals surface area contributed by atoms with Gasteiger partial charge in [0.15, 0.2) is 0 Å². The van der Waals surface area contributed by atoms with Crippen LogP contribution >= 0.6 is 15.9 Å². The fraction of sp³-hybridized carbons (Fsp3) is 0.316. The Morgan fingerprint density at radius 2 is 1.61 bits per heavy atom. The highest BCUT2D eigenvalue weighted by Crippen LogP contribution is 2.22. The smallest absolute Gasteiger partial charge is 0.224 e. The summed E-state index contributed by atoms with van der Waals surface area (Å²) < 4.78 is 13.9. The standard InChI is InChI=1S/C19H21BrFNO/c1-19(2,12-15-3-7-16(20)8-4-15)13-22-18(23)11-14-5-9-17(21)10-6-14/h3-10H,11-13H2,1-2H3,(H,22,23). The summed E-state index contributed by atoms with van der Waals surface area (Å²) in [5.41, 5.74) is 2.02. The molecule has 0 spiro atoms. The van der Waals surface area contributed by atoms with Gasteiger partial charge in [0.2, 0.25) is 5.91 Å². The van der Waals surface area contributed by atoms with E-state index in [0.29, 0.717) is 6.54 Å². The van der Waals surface area contributed by atoms with Crippen LogP contribution in [0.25, 0.3) is 0 Å². The SMILES string of the molecule is CC(C)(CNC(=O)Cc1ccc(F)cc1)Cc1ccc(Br)cc1. The van der Waals surface area contributed by atoms with Gasteiger partial charge in [-0.2, -0.15) is 0 Å². The number of carbonyl (C=O) groups excluding carboxylic acids is 1. The summed E-state index contributed by atoms with van der Waals surface area (Å²) in [5, 5.41) is 2.98. The lowest BCUT2D eigenvalue weighted by Crippen LogP contribution is -2.36. The number of rotatable bonds is 6. The molecule has 122 valence electrons. The van der Waals surface area contributed by atoms with Crippen molar-refractivity contribution < 1.29 is 9.18 Å². The Morgan fingerprint density at radius 1 is 1.04 bits per heavy atom. The third-order valence-corrected chi connectivity index (χ3v) is 4.17. The van der Waals surface area contributed by atoms with E-state index in [1.807, 2.05) is 12.1 Å². The van der Waals surface area contributed by atoms with Crippen LogP contribution in [0.1, 0.15) is 25.0 Å². The van der Waals surface area contributed by atoms with E-state index in [9.17, 15) is 9.18 Å². The lowest BCUT2D eigenvalue weighted by molar-refractivity contribution is -0.120. The summed E-state index contributed by atoms with van der Waals surface area (Å²) in [7, 11) is 0. The largest absolute Gasteiger partial charge is 0.355 e. The first-order valence-corrected chi connectivity index (χ1v) is 8.39. The van der Waals surface area contributed by atoms with Crippen molar-refractivity contribution in [2.75, 3.05) is 6.54 Å². The van der Waals surface area contributed by atoms with Crippen molar-refractivity contribution in [1.29, 1.82) is 0 Å². The maximum Gasteiger partial charge on any atom is 0.224 e. The van der Waals surface area contributed by atoms with E-state index in [4.69, 9.17) is 0 Å². The average Bonchev–Trinajstić information content (AvgIpc) is 2.50. The second-order valence-corrected chi connectivity index (χ2v) is 7.46. The van der Waals surface area contributed by atoms with Crippen molar-refractivity contribution in [3.63, 3.8) is 0 Å². The molecule has 0 saturated heterocycles. The van der Waals surface area contributed by atoms with E-state index in [1.54, 1.807) is 12.1 Å². The highest BCUT2D eigenvalue weighted by atomic mass is 79.9. The van der Waals surface area contributed by atoms with Crippen LogP contribution in [0.3, 0.4) is 0 Å². The second-order valence-electron chi connectivity index (χ2n) is 6.55. The third kappa shape index (κ3) is 6.14. The van der Waals surface area contributed by atoms with Crippen molar-refractivity contribution in [2.45, 2.75) is 26.7 Å². The monoisotopic (exact) mass is 377 g/mol.